The predicted molar refractivity (Wildman–Crippen MR) is 76.7 cm³/mol. The molecule has 0 unspecified atom stereocenters. The van der Waals surface area contributed by atoms with E-state index in [4.69, 9.17) is 26.8 Å². The van der Waals surface area contributed by atoms with Gasteiger partial charge < -0.3 is 15.2 Å². The van der Waals surface area contributed by atoms with Gasteiger partial charge in [-0.05, 0) is 35.9 Å². The van der Waals surface area contributed by atoms with Crippen molar-refractivity contribution < 1.29 is 9.47 Å². The van der Waals surface area contributed by atoms with Crippen LogP contribution in [0.4, 0.5) is 0 Å². The van der Waals surface area contributed by atoms with Gasteiger partial charge in [-0.2, -0.15) is 0 Å². The van der Waals surface area contributed by atoms with E-state index in [0.29, 0.717) is 18.2 Å². The topological polar surface area (TPSA) is 44.5 Å². The van der Waals surface area contributed by atoms with Gasteiger partial charge >= 0.3 is 0 Å². The highest BCUT2D eigenvalue weighted by atomic mass is 35.5. The van der Waals surface area contributed by atoms with Gasteiger partial charge in [0.1, 0.15) is 18.1 Å². The maximum Gasteiger partial charge on any atom is 0.120 e. The molecule has 0 saturated heterocycles. The maximum absolute atomic E-state index is 6.17. The Labute approximate surface area is 117 Å². The summed E-state index contributed by atoms with van der Waals surface area (Å²) in [6.45, 7) is 0.912. The van der Waals surface area contributed by atoms with Crippen LogP contribution in [0.5, 0.6) is 11.5 Å². The first-order chi connectivity index (χ1) is 9.22. The van der Waals surface area contributed by atoms with Crippen LogP contribution in [-0.4, -0.2) is 7.11 Å². The Hall–Kier alpha value is -1.71. The minimum absolute atomic E-state index is 0.427. The molecule has 0 fully saturated rings. The number of nitrogens with two attached hydrogens (primary N) is 1. The Morgan fingerprint density at radius 2 is 1.74 bits per heavy atom. The summed E-state index contributed by atoms with van der Waals surface area (Å²) in [7, 11) is 1.63. The van der Waals surface area contributed by atoms with Crippen LogP contribution in [0.1, 0.15) is 11.1 Å². The zero-order valence-corrected chi connectivity index (χ0v) is 11.5. The number of methoxy groups -OCH3 is 1. The van der Waals surface area contributed by atoms with E-state index in [1.54, 1.807) is 7.11 Å². The quantitative estimate of drug-likeness (QED) is 0.911. The van der Waals surface area contributed by atoms with Crippen LogP contribution in [-0.2, 0) is 13.2 Å². The summed E-state index contributed by atoms with van der Waals surface area (Å²) in [5.41, 5.74) is 7.51. The molecular weight excluding hydrogens is 262 g/mol. The molecule has 0 spiro atoms. The van der Waals surface area contributed by atoms with E-state index in [1.165, 1.54) is 0 Å². The molecule has 100 valence electrons. The summed E-state index contributed by atoms with van der Waals surface area (Å²) < 4.78 is 10.8. The standard InChI is InChI=1S/C15H16ClNO2/c1-18-13-4-6-14(7-5-13)19-10-12-3-2-11(9-17)8-15(12)16/h2-8H,9-10,17H2,1H3. The summed E-state index contributed by atoms with van der Waals surface area (Å²) in [6, 6.07) is 13.2. The molecule has 0 heterocycles. The second kappa shape index (κ2) is 6.45. The first kappa shape index (κ1) is 13.7. The molecule has 0 aliphatic carbocycles. The molecule has 0 saturated carbocycles. The van der Waals surface area contributed by atoms with E-state index in [-0.39, 0.29) is 0 Å². The van der Waals surface area contributed by atoms with E-state index < -0.39 is 0 Å². The Bertz CT molecular complexity index is 540. The Morgan fingerprint density at radius 1 is 1.05 bits per heavy atom. The van der Waals surface area contributed by atoms with Gasteiger partial charge in [0.15, 0.2) is 0 Å². The summed E-state index contributed by atoms with van der Waals surface area (Å²) in [5.74, 6) is 1.58. The average Bonchev–Trinajstić information content (AvgIpc) is 2.46. The summed E-state index contributed by atoms with van der Waals surface area (Å²) in [5, 5.41) is 0.677. The van der Waals surface area contributed by atoms with E-state index in [0.717, 1.165) is 22.6 Å². The van der Waals surface area contributed by atoms with Crippen molar-refractivity contribution in [1.82, 2.24) is 0 Å². The Balaban J connectivity index is 2.01. The van der Waals surface area contributed by atoms with Crippen molar-refractivity contribution in [2.45, 2.75) is 13.2 Å². The van der Waals surface area contributed by atoms with Gasteiger partial charge in [0.2, 0.25) is 0 Å². The first-order valence-corrected chi connectivity index (χ1v) is 6.35. The van der Waals surface area contributed by atoms with Gasteiger partial charge in [-0.15, -0.1) is 0 Å². The fourth-order valence-corrected chi connectivity index (χ4v) is 1.93. The van der Waals surface area contributed by atoms with Crippen molar-refractivity contribution in [2.75, 3.05) is 7.11 Å². The molecule has 0 radical (unpaired) electrons. The predicted octanol–water partition coefficient (Wildman–Crippen LogP) is 3.39. The largest absolute Gasteiger partial charge is 0.497 e. The number of rotatable bonds is 5. The van der Waals surface area contributed by atoms with Crippen LogP contribution in [0.25, 0.3) is 0 Å². The van der Waals surface area contributed by atoms with Crippen molar-refractivity contribution >= 4 is 11.6 Å². The van der Waals surface area contributed by atoms with Crippen LogP contribution in [0.3, 0.4) is 0 Å². The molecule has 19 heavy (non-hydrogen) atoms. The summed E-state index contributed by atoms with van der Waals surface area (Å²) in [4.78, 5) is 0. The van der Waals surface area contributed by atoms with Gasteiger partial charge in [-0.1, -0.05) is 23.7 Å². The number of hydrogen-bond acceptors (Lipinski definition) is 3. The Kier molecular flexibility index (Phi) is 4.66. The van der Waals surface area contributed by atoms with E-state index in [9.17, 15) is 0 Å². The normalized spacial score (nSPS) is 10.3. The lowest BCUT2D eigenvalue weighted by Crippen LogP contribution is -2.00. The number of benzene rings is 2. The maximum atomic E-state index is 6.17. The number of ether oxygens (including phenoxy) is 2. The van der Waals surface area contributed by atoms with Crippen LogP contribution in [0, 0.1) is 0 Å². The third-order valence-electron chi connectivity index (χ3n) is 2.81. The van der Waals surface area contributed by atoms with E-state index in [1.807, 2.05) is 42.5 Å². The van der Waals surface area contributed by atoms with E-state index in [2.05, 4.69) is 0 Å². The molecule has 0 aliphatic rings. The van der Waals surface area contributed by atoms with Crippen LogP contribution >= 0.6 is 11.6 Å². The highest BCUT2D eigenvalue weighted by Crippen LogP contribution is 2.22. The lowest BCUT2D eigenvalue weighted by atomic mass is 10.1. The monoisotopic (exact) mass is 277 g/mol. The van der Waals surface area contributed by atoms with Crippen LogP contribution in [0.15, 0.2) is 42.5 Å². The second-order valence-electron chi connectivity index (χ2n) is 4.09. The lowest BCUT2D eigenvalue weighted by molar-refractivity contribution is 0.305. The summed E-state index contributed by atoms with van der Waals surface area (Å²) >= 11 is 6.17. The minimum Gasteiger partial charge on any atom is -0.497 e. The molecule has 2 aromatic carbocycles. The molecule has 0 atom stereocenters. The zero-order valence-electron chi connectivity index (χ0n) is 10.7. The highest BCUT2D eigenvalue weighted by molar-refractivity contribution is 6.31. The molecule has 3 nitrogen and oxygen atoms in total. The average molecular weight is 278 g/mol. The molecule has 4 heteroatoms. The molecule has 2 rings (SSSR count). The molecule has 2 aromatic rings. The van der Waals surface area contributed by atoms with Gasteiger partial charge in [-0.25, -0.2) is 0 Å². The molecule has 0 aliphatic heterocycles. The van der Waals surface area contributed by atoms with Crippen molar-refractivity contribution in [1.29, 1.82) is 0 Å². The third-order valence-corrected chi connectivity index (χ3v) is 3.16. The first-order valence-electron chi connectivity index (χ1n) is 5.97. The Morgan fingerprint density at radius 3 is 2.32 bits per heavy atom. The number of halogens is 1. The van der Waals surface area contributed by atoms with Gasteiger partial charge in [0, 0.05) is 17.1 Å². The minimum atomic E-state index is 0.427. The molecule has 0 bridgehead atoms. The second-order valence-corrected chi connectivity index (χ2v) is 4.50. The number of hydrogen-bond donors (Lipinski definition) is 1. The zero-order chi connectivity index (χ0) is 13.7. The lowest BCUT2D eigenvalue weighted by Gasteiger charge is -2.09. The van der Waals surface area contributed by atoms with Crippen molar-refractivity contribution in [3.8, 4) is 11.5 Å². The van der Waals surface area contributed by atoms with Gasteiger partial charge in [0.25, 0.3) is 0 Å². The smallest absolute Gasteiger partial charge is 0.120 e. The molecule has 2 N–H and O–H groups in total. The van der Waals surface area contributed by atoms with Crippen LogP contribution in [0.2, 0.25) is 5.02 Å². The summed E-state index contributed by atoms with van der Waals surface area (Å²) in [6.07, 6.45) is 0. The molecular formula is C15H16ClNO2. The van der Waals surface area contributed by atoms with E-state index >= 15 is 0 Å². The van der Waals surface area contributed by atoms with Crippen molar-refractivity contribution in [3.63, 3.8) is 0 Å². The van der Waals surface area contributed by atoms with Gasteiger partial charge in [0.05, 0.1) is 7.11 Å². The highest BCUT2D eigenvalue weighted by Gasteiger charge is 2.03. The SMILES string of the molecule is COc1ccc(OCc2ccc(CN)cc2Cl)cc1. The molecule has 0 aromatic heterocycles. The van der Waals surface area contributed by atoms with Crippen molar-refractivity contribution in [2.24, 2.45) is 5.73 Å². The fraction of sp³-hybridized carbons (Fsp3) is 0.200. The molecule has 0 amide bonds. The van der Waals surface area contributed by atoms with Crippen molar-refractivity contribution in [3.05, 3.63) is 58.6 Å². The van der Waals surface area contributed by atoms with Crippen LogP contribution < -0.4 is 15.2 Å². The van der Waals surface area contributed by atoms with Gasteiger partial charge in [-0.3, -0.25) is 0 Å². The third kappa shape index (κ3) is 3.63. The fourth-order valence-electron chi connectivity index (χ4n) is 1.67.